The van der Waals surface area contributed by atoms with Gasteiger partial charge < -0.3 is 4.74 Å². The predicted octanol–water partition coefficient (Wildman–Crippen LogP) is 4.35. The zero-order valence-corrected chi connectivity index (χ0v) is 11.3. The molecule has 0 N–H and O–H groups in total. The van der Waals surface area contributed by atoms with Crippen LogP contribution < -0.4 is 4.74 Å². The number of nitrogens with zero attached hydrogens (tertiary/aromatic N) is 1. The highest BCUT2D eigenvalue weighted by Crippen LogP contribution is 2.29. The Morgan fingerprint density at radius 3 is 2.63 bits per heavy atom. The molecule has 0 radical (unpaired) electrons. The van der Waals surface area contributed by atoms with E-state index >= 15 is 0 Å². The molecule has 0 amide bonds. The SMILES string of the molecule is CCCc1nc2ccccc2c2ccc(OC)cc12. The number of fused-ring (bicyclic) bond motifs is 3. The molecule has 2 aromatic carbocycles. The Kier molecular flexibility index (Phi) is 3.08. The van der Waals surface area contributed by atoms with E-state index in [4.69, 9.17) is 9.72 Å². The molecule has 0 unspecified atom stereocenters. The highest BCUT2D eigenvalue weighted by Gasteiger charge is 2.08. The number of ether oxygens (including phenoxy) is 1. The molecule has 0 bridgehead atoms. The van der Waals surface area contributed by atoms with Gasteiger partial charge in [0.05, 0.1) is 12.6 Å². The zero-order chi connectivity index (χ0) is 13.2. The van der Waals surface area contributed by atoms with E-state index in [0.717, 1.165) is 29.8 Å². The van der Waals surface area contributed by atoms with Gasteiger partial charge in [0.15, 0.2) is 0 Å². The zero-order valence-electron chi connectivity index (χ0n) is 11.3. The largest absolute Gasteiger partial charge is 0.497 e. The van der Waals surface area contributed by atoms with Crippen LogP contribution >= 0.6 is 0 Å². The summed E-state index contributed by atoms with van der Waals surface area (Å²) in [7, 11) is 1.70. The third-order valence-electron chi connectivity index (χ3n) is 3.47. The van der Waals surface area contributed by atoms with Crippen LogP contribution in [0.4, 0.5) is 0 Å². The van der Waals surface area contributed by atoms with E-state index in [0.29, 0.717) is 0 Å². The van der Waals surface area contributed by atoms with Gasteiger partial charge in [-0.25, -0.2) is 0 Å². The Morgan fingerprint density at radius 2 is 1.84 bits per heavy atom. The molecule has 1 heterocycles. The van der Waals surface area contributed by atoms with E-state index in [9.17, 15) is 0 Å². The second-order valence-corrected chi connectivity index (χ2v) is 4.74. The summed E-state index contributed by atoms with van der Waals surface area (Å²) in [4.78, 5) is 4.81. The molecule has 0 spiro atoms. The van der Waals surface area contributed by atoms with Crippen LogP contribution in [0.3, 0.4) is 0 Å². The van der Waals surface area contributed by atoms with Crippen molar-refractivity contribution in [2.45, 2.75) is 19.8 Å². The van der Waals surface area contributed by atoms with Gasteiger partial charge in [-0.05, 0) is 36.1 Å². The fourth-order valence-corrected chi connectivity index (χ4v) is 2.56. The summed E-state index contributed by atoms with van der Waals surface area (Å²) < 4.78 is 5.34. The van der Waals surface area contributed by atoms with Crippen LogP contribution in [0, 0.1) is 0 Å². The van der Waals surface area contributed by atoms with E-state index in [-0.39, 0.29) is 0 Å². The lowest BCUT2D eigenvalue weighted by Gasteiger charge is -2.10. The number of hydrogen-bond acceptors (Lipinski definition) is 2. The minimum atomic E-state index is 0.891. The Hall–Kier alpha value is -2.09. The van der Waals surface area contributed by atoms with Crippen LogP contribution in [0.25, 0.3) is 21.7 Å². The normalized spacial score (nSPS) is 11.1. The average molecular weight is 251 g/mol. The minimum absolute atomic E-state index is 0.891. The monoisotopic (exact) mass is 251 g/mol. The molecule has 0 aliphatic rings. The summed E-state index contributed by atoms with van der Waals surface area (Å²) >= 11 is 0. The van der Waals surface area contributed by atoms with Crippen LogP contribution in [0.1, 0.15) is 19.0 Å². The van der Waals surface area contributed by atoms with Crippen LogP contribution in [0.15, 0.2) is 42.5 Å². The summed E-state index contributed by atoms with van der Waals surface area (Å²) in [6, 6.07) is 14.6. The van der Waals surface area contributed by atoms with Crippen molar-refractivity contribution < 1.29 is 4.74 Å². The van der Waals surface area contributed by atoms with E-state index < -0.39 is 0 Å². The van der Waals surface area contributed by atoms with Gasteiger partial charge in [-0.3, -0.25) is 4.98 Å². The van der Waals surface area contributed by atoms with Crippen molar-refractivity contribution in [2.24, 2.45) is 0 Å². The van der Waals surface area contributed by atoms with Gasteiger partial charge in [-0.1, -0.05) is 31.5 Å². The van der Waals surface area contributed by atoms with Crippen LogP contribution in [0.5, 0.6) is 5.75 Å². The first-order valence-corrected chi connectivity index (χ1v) is 6.69. The molecule has 0 aliphatic carbocycles. The molecule has 0 aliphatic heterocycles. The molecule has 3 rings (SSSR count). The molecule has 19 heavy (non-hydrogen) atoms. The van der Waals surface area contributed by atoms with Gasteiger partial charge in [-0.15, -0.1) is 0 Å². The smallest absolute Gasteiger partial charge is 0.119 e. The molecular weight excluding hydrogens is 234 g/mol. The van der Waals surface area contributed by atoms with Crippen LogP contribution in [-0.2, 0) is 6.42 Å². The Bertz CT molecular complexity index is 734. The van der Waals surface area contributed by atoms with Gasteiger partial charge in [0.2, 0.25) is 0 Å². The number of pyridine rings is 1. The second-order valence-electron chi connectivity index (χ2n) is 4.74. The molecule has 1 aromatic heterocycles. The number of hydrogen-bond donors (Lipinski definition) is 0. The fourth-order valence-electron chi connectivity index (χ4n) is 2.56. The molecule has 0 atom stereocenters. The topological polar surface area (TPSA) is 22.1 Å². The maximum absolute atomic E-state index is 5.34. The predicted molar refractivity (Wildman–Crippen MR) is 79.8 cm³/mol. The lowest BCUT2D eigenvalue weighted by molar-refractivity contribution is 0.415. The highest BCUT2D eigenvalue weighted by atomic mass is 16.5. The van der Waals surface area contributed by atoms with E-state index in [1.807, 2.05) is 12.1 Å². The number of rotatable bonds is 3. The van der Waals surface area contributed by atoms with Gasteiger partial charge in [-0.2, -0.15) is 0 Å². The Balaban J connectivity index is 2.40. The maximum Gasteiger partial charge on any atom is 0.119 e. The first-order valence-electron chi connectivity index (χ1n) is 6.69. The number of methoxy groups -OCH3 is 1. The van der Waals surface area contributed by atoms with Crippen molar-refractivity contribution >= 4 is 21.7 Å². The molecule has 0 fully saturated rings. The number of aryl methyl sites for hydroxylation is 1. The third-order valence-corrected chi connectivity index (χ3v) is 3.47. The van der Waals surface area contributed by atoms with Crippen molar-refractivity contribution in [2.75, 3.05) is 7.11 Å². The van der Waals surface area contributed by atoms with Crippen molar-refractivity contribution in [3.63, 3.8) is 0 Å². The number of para-hydroxylation sites is 1. The van der Waals surface area contributed by atoms with Gasteiger partial charge >= 0.3 is 0 Å². The van der Waals surface area contributed by atoms with Crippen molar-refractivity contribution in [1.29, 1.82) is 0 Å². The molecular formula is C17H17NO. The van der Waals surface area contributed by atoms with Gasteiger partial charge in [0.1, 0.15) is 5.75 Å². The van der Waals surface area contributed by atoms with E-state index in [1.165, 1.54) is 16.2 Å². The molecule has 0 saturated heterocycles. The number of benzene rings is 2. The standard InChI is InChI=1S/C17H17NO/c1-3-6-16-15-11-12(19-2)9-10-13(15)14-7-4-5-8-17(14)18-16/h4-5,7-11H,3,6H2,1-2H3. The van der Waals surface area contributed by atoms with Gasteiger partial charge in [0.25, 0.3) is 0 Å². The lowest BCUT2D eigenvalue weighted by atomic mass is 10.0. The first-order chi connectivity index (χ1) is 9.33. The summed E-state index contributed by atoms with van der Waals surface area (Å²) in [6.07, 6.45) is 2.09. The highest BCUT2D eigenvalue weighted by molar-refractivity contribution is 6.07. The van der Waals surface area contributed by atoms with Crippen LogP contribution in [0.2, 0.25) is 0 Å². The van der Waals surface area contributed by atoms with Crippen molar-refractivity contribution in [3.05, 3.63) is 48.2 Å². The average Bonchev–Trinajstić information content (AvgIpc) is 2.47. The molecule has 2 nitrogen and oxygen atoms in total. The van der Waals surface area contributed by atoms with Crippen molar-refractivity contribution in [1.82, 2.24) is 4.98 Å². The summed E-state index contributed by atoms with van der Waals surface area (Å²) in [5.41, 5.74) is 2.23. The number of aromatic nitrogens is 1. The second kappa shape index (κ2) is 4.88. The van der Waals surface area contributed by atoms with E-state index in [2.05, 4.69) is 37.3 Å². The lowest BCUT2D eigenvalue weighted by Crippen LogP contribution is -1.94. The summed E-state index contributed by atoms with van der Waals surface area (Å²) in [5, 5.41) is 3.68. The molecule has 0 saturated carbocycles. The third kappa shape index (κ3) is 2.03. The quantitative estimate of drug-likeness (QED) is 0.646. The summed E-state index contributed by atoms with van der Waals surface area (Å²) in [5.74, 6) is 0.891. The molecule has 96 valence electrons. The molecule has 2 heteroatoms. The fraction of sp³-hybridized carbons (Fsp3) is 0.235. The van der Waals surface area contributed by atoms with E-state index in [1.54, 1.807) is 7.11 Å². The first kappa shape index (κ1) is 12.0. The Morgan fingerprint density at radius 1 is 1.00 bits per heavy atom. The Labute approximate surface area is 113 Å². The maximum atomic E-state index is 5.34. The molecule has 3 aromatic rings. The minimum Gasteiger partial charge on any atom is -0.497 e. The summed E-state index contributed by atoms with van der Waals surface area (Å²) in [6.45, 7) is 2.18. The van der Waals surface area contributed by atoms with Gasteiger partial charge in [0, 0.05) is 16.5 Å². The van der Waals surface area contributed by atoms with Crippen molar-refractivity contribution in [3.8, 4) is 5.75 Å². The van der Waals surface area contributed by atoms with Crippen LogP contribution in [-0.4, -0.2) is 12.1 Å².